The molecule has 0 fully saturated rings. The second kappa shape index (κ2) is 5.72. The normalized spacial score (nSPS) is 15.2. The van der Waals surface area contributed by atoms with Crippen LogP contribution in [0.4, 0.5) is 0 Å². The fourth-order valence-electron chi connectivity index (χ4n) is 2.03. The second-order valence-corrected chi connectivity index (χ2v) is 7.57. The van der Waals surface area contributed by atoms with E-state index in [4.69, 9.17) is 0 Å². The average Bonchev–Trinajstić information content (AvgIpc) is 2.76. The molecule has 21 heavy (non-hydrogen) atoms. The number of carbonyl (C=O) groups excluding carboxylic acids is 2. The minimum atomic E-state index is -0.178. The van der Waals surface area contributed by atoms with E-state index in [1.165, 1.54) is 23.3 Å². The first-order valence-corrected chi connectivity index (χ1v) is 7.86. The van der Waals surface area contributed by atoms with Crippen LogP contribution >= 0.6 is 11.3 Å². The van der Waals surface area contributed by atoms with Crippen LogP contribution in [0, 0.1) is 18.3 Å². The molecule has 0 atom stereocenters. The molecule has 4 nitrogen and oxygen atoms in total. The Balaban J connectivity index is 2.02. The third kappa shape index (κ3) is 3.40. The van der Waals surface area contributed by atoms with Gasteiger partial charge in [0.1, 0.15) is 10.6 Å². The summed E-state index contributed by atoms with van der Waals surface area (Å²) in [6.45, 7) is 11.1. The Hall–Kier alpha value is -1.49. The SMILES string of the molecule is C[C](CCNC1=CC(=O)c2sc(C)nc2C1=O)C(C)(C)C. The lowest BCUT2D eigenvalue weighted by Gasteiger charge is -2.27. The number of aromatic nitrogens is 1. The zero-order valence-electron chi connectivity index (χ0n) is 13.2. The number of hydrogen-bond acceptors (Lipinski definition) is 5. The zero-order valence-corrected chi connectivity index (χ0v) is 14.0. The zero-order chi connectivity index (χ0) is 15.8. The molecule has 113 valence electrons. The van der Waals surface area contributed by atoms with Crippen LogP contribution < -0.4 is 5.32 Å². The Labute approximate surface area is 129 Å². The standard InChI is InChI=1S/C16H21N2O2S/c1-9(16(3,4)5)6-7-17-11-8-12(19)15-13(14(11)20)18-10(2)21-15/h8,17H,6-7H2,1-5H3. The van der Waals surface area contributed by atoms with Gasteiger partial charge in [-0.2, -0.15) is 0 Å². The molecule has 0 aliphatic heterocycles. The van der Waals surface area contributed by atoms with Gasteiger partial charge in [0, 0.05) is 12.6 Å². The molecule has 1 aliphatic rings. The van der Waals surface area contributed by atoms with Crippen molar-refractivity contribution in [1.29, 1.82) is 0 Å². The molecule has 0 saturated heterocycles. The summed E-state index contributed by atoms with van der Waals surface area (Å²) < 4.78 is 0. The van der Waals surface area contributed by atoms with Gasteiger partial charge in [0.15, 0.2) is 5.78 Å². The second-order valence-electron chi connectivity index (χ2n) is 6.37. The largest absolute Gasteiger partial charge is 0.382 e. The van der Waals surface area contributed by atoms with Crippen molar-refractivity contribution in [1.82, 2.24) is 10.3 Å². The van der Waals surface area contributed by atoms with E-state index < -0.39 is 0 Å². The monoisotopic (exact) mass is 305 g/mol. The maximum absolute atomic E-state index is 12.3. The summed E-state index contributed by atoms with van der Waals surface area (Å²) in [6, 6.07) is 0. The van der Waals surface area contributed by atoms with Crippen molar-refractivity contribution < 1.29 is 9.59 Å². The average molecular weight is 305 g/mol. The molecule has 2 rings (SSSR count). The van der Waals surface area contributed by atoms with E-state index in [0.717, 1.165) is 11.4 Å². The van der Waals surface area contributed by atoms with Gasteiger partial charge in [0.2, 0.25) is 5.78 Å². The highest BCUT2D eigenvalue weighted by atomic mass is 32.1. The summed E-state index contributed by atoms with van der Waals surface area (Å²) in [4.78, 5) is 28.9. The van der Waals surface area contributed by atoms with E-state index >= 15 is 0 Å². The predicted octanol–water partition coefficient (Wildman–Crippen LogP) is 3.33. The Morgan fingerprint density at radius 2 is 2.00 bits per heavy atom. The summed E-state index contributed by atoms with van der Waals surface area (Å²) in [5.74, 6) is 1.05. The van der Waals surface area contributed by atoms with Crippen molar-refractivity contribution in [3.63, 3.8) is 0 Å². The molecule has 0 amide bonds. The smallest absolute Gasteiger partial charge is 0.228 e. The molecular formula is C16H21N2O2S. The Bertz CT molecular complexity index is 608. The maximum atomic E-state index is 12.3. The summed E-state index contributed by atoms with van der Waals surface area (Å²) in [7, 11) is 0. The van der Waals surface area contributed by atoms with Gasteiger partial charge in [-0.25, -0.2) is 4.98 Å². The van der Waals surface area contributed by atoms with Crippen molar-refractivity contribution in [2.75, 3.05) is 6.54 Å². The number of aryl methyl sites for hydroxylation is 1. The van der Waals surface area contributed by atoms with Crippen LogP contribution in [0.3, 0.4) is 0 Å². The van der Waals surface area contributed by atoms with E-state index in [1.54, 1.807) is 6.92 Å². The number of allylic oxidation sites excluding steroid dienone is 2. The number of ketones is 2. The summed E-state index contributed by atoms with van der Waals surface area (Å²) in [5.41, 5.74) is 0.810. The van der Waals surface area contributed by atoms with Gasteiger partial charge in [-0.1, -0.05) is 27.7 Å². The van der Waals surface area contributed by atoms with E-state index in [1.807, 2.05) is 0 Å². The molecule has 0 unspecified atom stereocenters. The van der Waals surface area contributed by atoms with Gasteiger partial charge in [0.25, 0.3) is 0 Å². The van der Waals surface area contributed by atoms with E-state index in [2.05, 4.69) is 38.0 Å². The van der Waals surface area contributed by atoms with Crippen LogP contribution in [-0.4, -0.2) is 23.1 Å². The van der Waals surface area contributed by atoms with Gasteiger partial charge in [-0.15, -0.1) is 11.3 Å². The fourth-order valence-corrected chi connectivity index (χ4v) is 2.86. The molecule has 1 aliphatic carbocycles. The lowest BCUT2D eigenvalue weighted by Crippen LogP contribution is -2.29. The van der Waals surface area contributed by atoms with Crippen molar-refractivity contribution in [2.24, 2.45) is 5.41 Å². The first-order chi connectivity index (χ1) is 9.70. The number of nitrogens with zero attached hydrogens (tertiary/aromatic N) is 1. The van der Waals surface area contributed by atoms with Gasteiger partial charge in [-0.05, 0) is 24.7 Å². The fraction of sp³-hybridized carbons (Fsp3) is 0.500. The molecule has 5 heteroatoms. The molecule has 1 heterocycles. The number of thiazole rings is 1. The van der Waals surface area contributed by atoms with Crippen molar-refractivity contribution in [3.8, 4) is 0 Å². The number of hydrogen-bond donors (Lipinski definition) is 1. The molecule has 1 radical (unpaired) electrons. The molecule has 0 aromatic carbocycles. The van der Waals surface area contributed by atoms with E-state index in [9.17, 15) is 9.59 Å². The third-order valence-electron chi connectivity index (χ3n) is 3.79. The van der Waals surface area contributed by atoms with Crippen LogP contribution in [0.1, 0.15) is 59.3 Å². The summed E-state index contributed by atoms with van der Waals surface area (Å²) in [6.07, 6.45) is 2.26. The van der Waals surface area contributed by atoms with E-state index in [0.29, 0.717) is 22.8 Å². The first-order valence-electron chi connectivity index (χ1n) is 7.05. The highest BCUT2D eigenvalue weighted by Gasteiger charge is 2.29. The van der Waals surface area contributed by atoms with Gasteiger partial charge in [0.05, 0.1) is 10.7 Å². The summed E-state index contributed by atoms with van der Waals surface area (Å²) in [5, 5.41) is 3.83. The minimum absolute atomic E-state index is 0.130. The Morgan fingerprint density at radius 3 is 2.62 bits per heavy atom. The minimum Gasteiger partial charge on any atom is -0.382 e. The predicted molar refractivity (Wildman–Crippen MR) is 84.6 cm³/mol. The number of carbonyl (C=O) groups is 2. The number of Topliss-reactive ketones (excluding diaryl/α,β-unsaturated/α-hetero) is 1. The lowest BCUT2D eigenvalue weighted by atomic mass is 9.80. The van der Waals surface area contributed by atoms with Crippen LogP contribution in [0.25, 0.3) is 0 Å². The topological polar surface area (TPSA) is 59.1 Å². The lowest BCUT2D eigenvalue weighted by molar-refractivity contribution is 0.0977. The number of nitrogens with one attached hydrogen (secondary N) is 1. The molecule has 1 aromatic heterocycles. The highest BCUT2D eigenvalue weighted by Crippen LogP contribution is 2.30. The van der Waals surface area contributed by atoms with Crippen LogP contribution in [0.5, 0.6) is 0 Å². The molecule has 1 aromatic rings. The van der Waals surface area contributed by atoms with Crippen LogP contribution in [0.15, 0.2) is 11.8 Å². The Kier molecular flexibility index (Phi) is 4.33. The molecule has 0 saturated carbocycles. The van der Waals surface area contributed by atoms with Gasteiger partial charge < -0.3 is 5.32 Å². The van der Waals surface area contributed by atoms with Crippen molar-refractivity contribution in [3.05, 3.63) is 33.3 Å². The van der Waals surface area contributed by atoms with Crippen molar-refractivity contribution >= 4 is 22.9 Å². The highest BCUT2D eigenvalue weighted by molar-refractivity contribution is 7.14. The van der Waals surface area contributed by atoms with E-state index in [-0.39, 0.29) is 17.0 Å². The summed E-state index contributed by atoms with van der Waals surface area (Å²) >= 11 is 1.28. The molecule has 0 bridgehead atoms. The third-order valence-corrected chi connectivity index (χ3v) is 4.77. The maximum Gasteiger partial charge on any atom is 0.228 e. The van der Waals surface area contributed by atoms with Crippen molar-refractivity contribution in [2.45, 2.75) is 41.0 Å². The first kappa shape index (κ1) is 15.9. The quantitative estimate of drug-likeness (QED) is 0.927. The van der Waals surface area contributed by atoms with Crippen LogP contribution in [-0.2, 0) is 0 Å². The molecule has 1 N–H and O–H groups in total. The van der Waals surface area contributed by atoms with Gasteiger partial charge in [-0.3, -0.25) is 9.59 Å². The molecular weight excluding hydrogens is 284 g/mol. The number of rotatable bonds is 4. The molecule has 0 spiro atoms. The van der Waals surface area contributed by atoms with Gasteiger partial charge >= 0.3 is 0 Å². The Morgan fingerprint density at radius 1 is 1.33 bits per heavy atom. The van der Waals surface area contributed by atoms with Crippen LogP contribution in [0.2, 0.25) is 0 Å². The number of fused-ring (bicyclic) bond motifs is 1.